The van der Waals surface area contributed by atoms with Crippen LogP contribution in [0.15, 0.2) is 42.5 Å². The molecule has 0 atom stereocenters. The van der Waals surface area contributed by atoms with Crippen molar-refractivity contribution in [3.8, 4) is 11.5 Å². The van der Waals surface area contributed by atoms with Gasteiger partial charge in [0.2, 0.25) is 5.91 Å². The van der Waals surface area contributed by atoms with Crippen LogP contribution in [0.3, 0.4) is 0 Å². The number of rotatable bonds is 3. The van der Waals surface area contributed by atoms with Gasteiger partial charge in [0, 0.05) is 18.2 Å². The Kier molecular flexibility index (Phi) is 5.08. The van der Waals surface area contributed by atoms with Crippen molar-refractivity contribution in [1.82, 2.24) is 0 Å². The molecule has 0 spiro atoms. The molecule has 1 amide bonds. The quantitative estimate of drug-likeness (QED) is 0.776. The van der Waals surface area contributed by atoms with Gasteiger partial charge in [-0.1, -0.05) is 23.7 Å². The third-order valence-corrected chi connectivity index (χ3v) is 3.87. The van der Waals surface area contributed by atoms with Crippen LogP contribution in [0.4, 0.5) is 18.9 Å². The summed E-state index contributed by atoms with van der Waals surface area (Å²) in [4.78, 5) is 12.0. The molecule has 8 heteroatoms. The number of carbonyl (C=O) groups is 1. The van der Waals surface area contributed by atoms with Crippen LogP contribution in [0.2, 0.25) is 5.02 Å². The lowest BCUT2D eigenvalue weighted by Crippen LogP contribution is -2.16. The Morgan fingerprint density at radius 1 is 1.08 bits per heavy atom. The van der Waals surface area contributed by atoms with Gasteiger partial charge in [-0.2, -0.15) is 13.2 Å². The van der Waals surface area contributed by atoms with E-state index in [4.69, 9.17) is 21.1 Å². The summed E-state index contributed by atoms with van der Waals surface area (Å²) in [5.41, 5.74) is 0.0570. The number of nitrogens with one attached hydrogen (secondary N) is 1. The van der Waals surface area contributed by atoms with Gasteiger partial charge >= 0.3 is 6.18 Å². The van der Waals surface area contributed by atoms with E-state index in [9.17, 15) is 18.0 Å². The molecule has 2 aromatic rings. The molecular weight excluding hydrogens is 371 g/mol. The molecule has 0 fully saturated rings. The molecule has 0 saturated carbocycles. The van der Waals surface area contributed by atoms with Gasteiger partial charge in [-0.3, -0.25) is 4.79 Å². The molecule has 0 saturated heterocycles. The van der Waals surface area contributed by atoms with Crippen LogP contribution in [-0.2, 0) is 11.0 Å². The van der Waals surface area contributed by atoms with Crippen molar-refractivity contribution in [1.29, 1.82) is 0 Å². The zero-order valence-electron chi connectivity index (χ0n) is 13.3. The van der Waals surface area contributed by atoms with E-state index in [2.05, 4.69) is 5.32 Å². The van der Waals surface area contributed by atoms with Gasteiger partial charge in [0.1, 0.15) is 13.2 Å². The predicted octanol–water partition coefficient (Wildman–Crippen LogP) is 4.78. The minimum absolute atomic E-state index is 0.283. The molecule has 1 aliphatic heterocycles. The molecule has 0 aliphatic carbocycles. The first-order valence-corrected chi connectivity index (χ1v) is 7.96. The lowest BCUT2D eigenvalue weighted by Gasteiger charge is -2.19. The fraction of sp³-hybridized carbons (Fsp3) is 0.167. The molecular formula is C18H13ClF3NO3. The normalized spacial score (nSPS) is 13.7. The average molecular weight is 384 g/mol. The number of fused-ring (bicyclic) bond motifs is 1. The van der Waals surface area contributed by atoms with Crippen LogP contribution < -0.4 is 14.8 Å². The molecule has 1 heterocycles. The van der Waals surface area contributed by atoms with Crippen molar-refractivity contribution in [3.05, 3.63) is 58.6 Å². The monoisotopic (exact) mass is 383 g/mol. The Labute approximate surface area is 152 Å². The van der Waals surface area contributed by atoms with Crippen molar-refractivity contribution in [2.75, 3.05) is 18.5 Å². The van der Waals surface area contributed by atoms with Gasteiger partial charge in [-0.25, -0.2) is 0 Å². The number of hydrogen-bond acceptors (Lipinski definition) is 3. The molecule has 0 aromatic heterocycles. The summed E-state index contributed by atoms with van der Waals surface area (Å²) in [6, 6.07) is 7.57. The van der Waals surface area contributed by atoms with Crippen molar-refractivity contribution in [2.45, 2.75) is 6.18 Å². The second-order valence-electron chi connectivity index (χ2n) is 5.42. The maximum absolute atomic E-state index is 12.5. The Morgan fingerprint density at radius 3 is 2.31 bits per heavy atom. The maximum atomic E-state index is 12.5. The van der Waals surface area contributed by atoms with Crippen LogP contribution in [0.25, 0.3) is 6.08 Å². The summed E-state index contributed by atoms with van der Waals surface area (Å²) in [6.45, 7) is 0.820. The first-order valence-electron chi connectivity index (χ1n) is 7.58. The topological polar surface area (TPSA) is 47.6 Å². The number of alkyl halides is 3. The van der Waals surface area contributed by atoms with E-state index in [1.165, 1.54) is 24.3 Å². The van der Waals surface area contributed by atoms with Gasteiger partial charge in [-0.15, -0.1) is 0 Å². The Bertz CT molecular complexity index is 848. The van der Waals surface area contributed by atoms with Crippen LogP contribution in [0, 0.1) is 0 Å². The van der Waals surface area contributed by atoms with Gasteiger partial charge in [-0.05, 0) is 23.8 Å². The van der Waals surface area contributed by atoms with E-state index < -0.39 is 17.6 Å². The first kappa shape index (κ1) is 18.1. The molecule has 4 nitrogen and oxygen atoms in total. The van der Waals surface area contributed by atoms with E-state index >= 15 is 0 Å². The fourth-order valence-electron chi connectivity index (χ4n) is 2.29. The van der Waals surface area contributed by atoms with E-state index in [-0.39, 0.29) is 5.02 Å². The summed E-state index contributed by atoms with van der Waals surface area (Å²) in [6.07, 6.45) is -1.79. The van der Waals surface area contributed by atoms with Gasteiger partial charge in [0.15, 0.2) is 11.5 Å². The third-order valence-electron chi connectivity index (χ3n) is 3.55. The van der Waals surface area contributed by atoms with Gasteiger partial charge in [0.05, 0.1) is 16.3 Å². The Balaban J connectivity index is 1.68. The number of hydrogen-bond donors (Lipinski definition) is 1. The van der Waals surface area contributed by atoms with Crippen molar-refractivity contribution in [3.63, 3.8) is 0 Å². The molecule has 1 N–H and O–H groups in total. The second-order valence-corrected chi connectivity index (χ2v) is 5.83. The minimum atomic E-state index is -4.39. The molecule has 0 unspecified atom stereocenters. The van der Waals surface area contributed by atoms with Gasteiger partial charge in [0.25, 0.3) is 0 Å². The highest BCUT2D eigenvalue weighted by Crippen LogP contribution is 2.38. The summed E-state index contributed by atoms with van der Waals surface area (Å²) < 4.78 is 48.4. The molecule has 1 aliphatic rings. The summed E-state index contributed by atoms with van der Waals surface area (Å²) in [7, 11) is 0. The molecule has 3 rings (SSSR count). The summed E-state index contributed by atoms with van der Waals surface area (Å²) >= 11 is 6.10. The lowest BCUT2D eigenvalue weighted by molar-refractivity contribution is -0.137. The highest BCUT2D eigenvalue weighted by atomic mass is 35.5. The summed E-state index contributed by atoms with van der Waals surface area (Å²) in [5.74, 6) is 0.491. The highest BCUT2D eigenvalue weighted by molar-refractivity contribution is 6.34. The van der Waals surface area contributed by atoms with E-state index in [0.717, 1.165) is 12.1 Å². The second kappa shape index (κ2) is 7.29. The first-order chi connectivity index (χ1) is 12.3. The number of benzene rings is 2. The number of amides is 1. The SMILES string of the molecule is O=C(/C=C/c1ccc(C(F)(F)F)cc1)Nc1cc2c(cc1Cl)OCCO2. The van der Waals surface area contributed by atoms with Crippen LogP contribution >= 0.6 is 11.6 Å². The zero-order valence-corrected chi connectivity index (χ0v) is 14.0. The van der Waals surface area contributed by atoms with Crippen LogP contribution in [0.1, 0.15) is 11.1 Å². The summed E-state index contributed by atoms with van der Waals surface area (Å²) in [5, 5.41) is 2.88. The van der Waals surface area contributed by atoms with Crippen molar-refractivity contribution < 1.29 is 27.4 Å². The number of carbonyl (C=O) groups excluding carboxylic acids is 1. The maximum Gasteiger partial charge on any atom is 0.416 e. The lowest BCUT2D eigenvalue weighted by atomic mass is 10.1. The predicted molar refractivity (Wildman–Crippen MR) is 91.5 cm³/mol. The smallest absolute Gasteiger partial charge is 0.416 e. The zero-order chi connectivity index (χ0) is 18.7. The Hall–Kier alpha value is -2.67. The van der Waals surface area contributed by atoms with E-state index in [1.54, 1.807) is 12.1 Å². The van der Waals surface area contributed by atoms with Crippen molar-refractivity contribution >= 4 is 29.3 Å². The number of halogens is 4. The molecule has 0 bridgehead atoms. The van der Waals surface area contributed by atoms with E-state index in [1.807, 2.05) is 0 Å². The minimum Gasteiger partial charge on any atom is -0.486 e. The molecule has 26 heavy (non-hydrogen) atoms. The third kappa shape index (κ3) is 4.29. The average Bonchev–Trinajstić information content (AvgIpc) is 2.60. The standard InChI is InChI=1S/C18H13ClF3NO3/c19-13-9-15-16(26-8-7-25-15)10-14(13)23-17(24)6-3-11-1-4-12(5-2-11)18(20,21)22/h1-6,9-10H,7-8H2,(H,23,24)/b6-3+. The number of ether oxygens (including phenoxy) is 2. The molecule has 0 radical (unpaired) electrons. The van der Waals surface area contributed by atoms with E-state index in [0.29, 0.717) is 36.0 Å². The highest BCUT2D eigenvalue weighted by Gasteiger charge is 2.29. The fourth-order valence-corrected chi connectivity index (χ4v) is 2.49. The molecule has 136 valence electrons. The van der Waals surface area contributed by atoms with Crippen LogP contribution in [-0.4, -0.2) is 19.1 Å². The van der Waals surface area contributed by atoms with Crippen molar-refractivity contribution in [2.24, 2.45) is 0 Å². The Morgan fingerprint density at radius 2 is 1.69 bits per heavy atom. The van der Waals surface area contributed by atoms with Gasteiger partial charge < -0.3 is 14.8 Å². The number of anilines is 1. The van der Waals surface area contributed by atoms with Crippen LogP contribution in [0.5, 0.6) is 11.5 Å². The molecule has 2 aromatic carbocycles. The largest absolute Gasteiger partial charge is 0.486 e.